The van der Waals surface area contributed by atoms with Gasteiger partial charge in [-0.3, -0.25) is 0 Å². The zero-order valence-corrected chi connectivity index (χ0v) is 9.37. The van der Waals surface area contributed by atoms with Crippen LogP contribution in [0.3, 0.4) is 0 Å². The fourth-order valence-corrected chi connectivity index (χ4v) is 2.01. The average molecular weight is 219 g/mol. The van der Waals surface area contributed by atoms with Gasteiger partial charge in [-0.1, -0.05) is 29.8 Å². The number of aromatic nitrogens is 2. The minimum atomic E-state index is -0.0504. The van der Waals surface area contributed by atoms with E-state index in [9.17, 15) is 0 Å². The molecule has 0 aliphatic rings. The summed E-state index contributed by atoms with van der Waals surface area (Å²) < 4.78 is 8.09. The van der Waals surface area contributed by atoms with Crippen LogP contribution in [0, 0.1) is 6.92 Å². The van der Waals surface area contributed by atoms with Crippen LogP contribution in [-0.4, -0.2) is 8.75 Å². The molecular formula is C11H13N3S. The van der Waals surface area contributed by atoms with Crippen LogP contribution in [0.5, 0.6) is 0 Å². The number of nitrogens with zero attached hydrogens (tertiary/aromatic N) is 2. The van der Waals surface area contributed by atoms with Gasteiger partial charge in [0.15, 0.2) is 0 Å². The Balaban J connectivity index is 2.09. The lowest BCUT2D eigenvalue weighted by atomic mass is 10.0. The van der Waals surface area contributed by atoms with Crippen molar-refractivity contribution in [1.29, 1.82) is 0 Å². The molecule has 1 aromatic heterocycles. The van der Waals surface area contributed by atoms with Crippen molar-refractivity contribution in [2.24, 2.45) is 5.73 Å². The third-order valence-corrected chi connectivity index (χ3v) is 2.79. The molecule has 0 bridgehead atoms. The second kappa shape index (κ2) is 4.51. The predicted molar refractivity (Wildman–Crippen MR) is 61.7 cm³/mol. The van der Waals surface area contributed by atoms with E-state index in [-0.39, 0.29) is 6.04 Å². The molecule has 0 spiro atoms. The highest BCUT2D eigenvalue weighted by Crippen LogP contribution is 2.15. The number of nitrogens with two attached hydrogens (primary N) is 1. The van der Waals surface area contributed by atoms with Gasteiger partial charge in [-0.15, -0.1) is 0 Å². The second-order valence-electron chi connectivity index (χ2n) is 3.63. The lowest BCUT2D eigenvalue weighted by molar-refractivity contribution is 0.704. The molecule has 2 rings (SSSR count). The highest BCUT2D eigenvalue weighted by Gasteiger charge is 2.09. The number of aryl methyl sites for hydroxylation is 1. The smallest absolute Gasteiger partial charge is 0.0913 e. The van der Waals surface area contributed by atoms with Gasteiger partial charge >= 0.3 is 0 Å². The van der Waals surface area contributed by atoms with Crippen molar-refractivity contribution in [3.63, 3.8) is 0 Å². The van der Waals surface area contributed by atoms with Crippen molar-refractivity contribution < 1.29 is 0 Å². The highest BCUT2D eigenvalue weighted by molar-refractivity contribution is 6.99. The maximum absolute atomic E-state index is 6.03. The summed E-state index contributed by atoms with van der Waals surface area (Å²) in [7, 11) is 0. The van der Waals surface area contributed by atoms with E-state index < -0.39 is 0 Å². The van der Waals surface area contributed by atoms with E-state index in [1.54, 1.807) is 6.20 Å². The van der Waals surface area contributed by atoms with Crippen molar-refractivity contribution >= 4 is 11.7 Å². The van der Waals surface area contributed by atoms with Crippen LogP contribution >= 0.6 is 11.7 Å². The number of hydrogen-bond donors (Lipinski definition) is 1. The Labute approximate surface area is 93.3 Å². The van der Waals surface area contributed by atoms with Gasteiger partial charge in [-0.25, -0.2) is 0 Å². The van der Waals surface area contributed by atoms with Gasteiger partial charge in [-0.05, 0) is 18.9 Å². The van der Waals surface area contributed by atoms with E-state index in [2.05, 4.69) is 39.9 Å². The van der Waals surface area contributed by atoms with Gasteiger partial charge in [0.25, 0.3) is 0 Å². The minimum absolute atomic E-state index is 0.0504. The molecule has 2 aromatic rings. The van der Waals surface area contributed by atoms with Crippen LogP contribution in [0.4, 0.5) is 0 Å². The SMILES string of the molecule is Cc1cccc(CC(N)c2cnsn2)c1. The van der Waals surface area contributed by atoms with Gasteiger partial charge in [0.1, 0.15) is 0 Å². The van der Waals surface area contributed by atoms with Crippen LogP contribution < -0.4 is 5.73 Å². The standard InChI is InChI=1S/C11H13N3S/c1-8-3-2-4-9(5-8)6-10(12)11-7-13-15-14-11/h2-5,7,10H,6,12H2,1H3. The zero-order chi connectivity index (χ0) is 10.7. The summed E-state index contributed by atoms with van der Waals surface area (Å²) in [5.41, 5.74) is 9.41. The second-order valence-corrected chi connectivity index (χ2v) is 4.19. The summed E-state index contributed by atoms with van der Waals surface area (Å²) in [6.07, 6.45) is 2.55. The third kappa shape index (κ3) is 2.61. The van der Waals surface area contributed by atoms with E-state index in [0.29, 0.717) is 0 Å². The van der Waals surface area contributed by atoms with Crippen LogP contribution in [0.15, 0.2) is 30.5 Å². The summed E-state index contributed by atoms with van der Waals surface area (Å²) in [5, 5.41) is 0. The molecule has 0 aliphatic carbocycles. The first-order valence-corrected chi connectivity index (χ1v) is 5.57. The molecular weight excluding hydrogens is 206 g/mol. The van der Waals surface area contributed by atoms with Crippen molar-refractivity contribution in [1.82, 2.24) is 8.75 Å². The summed E-state index contributed by atoms with van der Waals surface area (Å²) in [6.45, 7) is 2.08. The van der Waals surface area contributed by atoms with E-state index in [4.69, 9.17) is 5.73 Å². The third-order valence-electron chi connectivity index (χ3n) is 2.30. The Kier molecular flexibility index (Phi) is 3.08. The molecule has 0 aliphatic heterocycles. The largest absolute Gasteiger partial charge is 0.322 e. The fraction of sp³-hybridized carbons (Fsp3) is 0.273. The molecule has 1 aromatic carbocycles. The zero-order valence-electron chi connectivity index (χ0n) is 8.55. The fourth-order valence-electron chi connectivity index (χ4n) is 1.53. The van der Waals surface area contributed by atoms with Crippen LogP contribution in [0.25, 0.3) is 0 Å². The Bertz CT molecular complexity index is 425. The first kappa shape index (κ1) is 10.3. The Hall–Kier alpha value is -1.26. The van der Waals surface area contributed by atoms with Gasteiger partial charge in [-0.2, -0.15) is 8.75 Å². The lowest BCUT2D eigenvalue weighted by Gasteiger charge is -2.08. The molecule has 0 saturated carbocycles. The van der Waals surface area contributed by atoms with Gasteiger partial charge in [0, 0.05) is 0 Å². The van der Waals surface area contributed by atoms with Crippen LogP contribution in [-0.2, 0) is 6.42 Å². The number of hydrogen-bond acceptors (Lipinski definition) is 4. The van der Waals surface area contributed by atoms with Crippen molar-refractivity contribution in [3.8, 4) is 0 Å². The lowest BCUT2D eigenvalue weighted by Crippen LogP contribution is -2.13. The van der Waals surface area contributed by atoms with Gasteiger partial charge in [0.05, 0.1) is 29.7 Å². The van der Waals surface area contributed by atoms with Gasteiger partial charge < -0.3 is 5.73 Å². The molecule has 0 amide bonds. The number of rotatable bonds is 3. The molecule has 0 radical (unpaired) electrons. The molecule has 2 N–H and O–H groups in total. The summed E-state index contributed by atoms with van der Waals surface area (Å²) in [4.78, 5) is 0. The maximum atomic E-state index is 6.03. The normalized spacial score (nSPS) is 12.7. The van der Waals surface area contributed by atoms with Crippen molar-refractivity contribution in [2.75, 3.05) is 0 Å². The van der Waals surface area contributed by atoms with E-state index in [0.717, 1.165) is 12.1 Å². The highest BCUT2D eigenvalue weighted by atomic mass is 32.1. The Morgan fingerprint density at radius 3 is 3.00 bits per heavy atom. The van der Waals surface area contributed by atoms with Gasteiger partial charge in [0.2, 0.25) is 0 Å². The molecule has 0 fully saturated rings. The summed E-state index contributed by atoms with van der Waals surface area (Å²) in [6, 6.07) is 8.33. The van der Waals surface area contributed by atoms with Crippen molar-refractivity contribution in [2.45, 2.75) is 19.4 Å². The quantitative estimate of drug-likeness (QED) is 0.860. The Morgan fingerprint density at radius 2 is 2.33 bits per heavy atom. The molecule has 0 saturated heterocycles. The topological polar surface area (TPSA) is 51.8 Å². The monoisotopic (exact) mass is 219 g/mol. The molecule has 4 heteroatoms. The number of benzene rings is 1. The minimum Gasteiger partial charge on any atom is -0.322 e. The molecule has 3 nitrogen and oxygen atoms in total. The first-order valence-electron chi connectivity index (χ1n) is 4.84. The summed E-state index contributed by atoms with van der Waals surface area (Å²) in [5.74, 6) is 0. The average Bonchev–Trinajstić information content (AvgIpc) is 2.70. The van der Waals surface area contributed by atoms with E-state index >= 15 is 0 Å². The van der Waals surface area contributed by atoms with E-state index in [1.807, 2.05) is 0 Å². The van der Waals surface area contributed by atoms with Crippen molar-refractivity contribution in [3.05, 3.63) is 47.3 Å². The molecule has 1 atom stereocenters. The van der Waals surface area contributed by atoms with E-state index in [1.165, 1.54) is 22.9 Å². The Morgan fingerprint density at radius 1 is 1.47 bits per heavy atom. The molecule has 1 unspecified atom stereocenters. The maximum Gasteiger partial charge on any atom is 0.0913 e. The molecule has 15 heavy (non-hydrogen) atoms. The predicted octanol–water partition coefficient (Wildman–Crippen LogP) is 2.09. The molecule has 78 valence electrons. The van der Waals surface area contributed by atoms with Crippen LogP contribution in [0.1, 0.15) is 22.9 Å². The summed E-state index contributed by atoms with van der Waals surface area (Å²) >= 11 is 1.20. The molecule has 1 heterocycles. The van der Waals surface area contributed by atoms with Crippen LogP contribution in [0.2, 0.25) is 0 Å². The first-order chi connectivity index (χ1) is 7.25.